The third-order valence-corrected chi connectivity index (χ3v) is 3.83. The molecule has 0 amide bonds. The fourth-order valence-electron chi connectivity index (χ4n) is 2.22. The summed E-state index contributed by atoms with van der Waals surface area (Å²) in [5.41, 5.74) is 2.69. The van der Waals surface area contributed by atoms with Crippen molar-refractivity contribution in [2.45, 2.75) is 13.1 Å². The molecule has 0 atom stereocenters. The minimum atomic E-state index is 0.755. The summed E-state index contributed by atoms with van der Waals surface area (Å²) < 4.78 is 7.38. The number of fused-ring (bicyclic) bond motifs is 1. The molecule has 4 heteroatoms. The van der Waals surface area contributed by atoms with Gasteiger partial charge in [0.25, 0.3) is 0 Å². The van der Waals surface area contributed by atoms with Gasteiger partial charge in [-0.15, -0.1) is 0 Å². The van der Waals surface area contributed by atoms with Crippen molar-refractivity contribution in [3.05, 3.63) is 36.0 Å². The zero-order chi connectivity index (χ0) is 13.5. The van der Waals surface area contributed by atoms with Gasteiger partial charge >= 0.3 is 0 Å². The van der Waals surface area contributed by atoms with Crippen LogP contribution in [-0.2, 0) is 17.8 Å². The maximum absolute atomic E-state index is 5.05. The molecule has 0 saturated heterocycles. The summed E-state index contributed by atoms with van der Waals surface area (Å²) in [6.45, 7) is 3.61. The number of hydrogen-bond acceptors (Lipinski definition) is 3. The first-order valence-electron chi connectivity index (χ1n) is 6.62. The molecule has 0 unspecified atom stereocenters. The van der Waals surface area contributed by atoms with Gasteiger partial charge in [0.05, 0.1) is 6.61 Å². The number of hydrogen-bond donors (Lipinski definition) is 1. The molecule has 3 nitrogen and oxygen atoms in total. The van der Waals surface area contributed by atoms with E-state index in [-0.39, 0.29) is 0 Å². The first-order chi connectivity index (χ1) is 9.36. The highest BCUT2D eigenvalue weighted by Crippen LogP contribution is 2.20. The smallest absolute Gasteiger partial charge is 0.0587 e. The molecule has 0 aliphatic carbocycles. The number of benzene rings is 1. The van der Waals surface area contributed by atoms with Crippen LogP contribution in [0.5, 0.6) is 0 Å². The highest BCUT2D eigenvalue weighted by atomic mass is 32.2. The summed E-state index contributed by atoms with van der Waals surface area (Å²) in [6.07, 6.45) is 4.34. The van der Waals surface area contributed by atoms with E-state index in [1.165, 1.54) is 16.5 Å². The Hall–Kier alpha value is -0.970. The normalized spacial score (nSPS) is 11.3. The summed E-state index contributed by atoms with van der Waals surface area (Å²) in [4.78, 5) is 0. The summed E-state index contributed by atoms with van der Waals surface area (Å²) >= 11 is 1.88. The summed E-state index contributed by atoms with van der Waals surface area (Å²) in [6, 6.07) is 8.77. The molecule has 0 aliphatic heterocycles. The number of aryl methyl sites for hydroxylation is 1. The van der Waals surface area contributed by atoms with Gasteiger partial charge in [-0.3, -0.25) is 0 Å². The van der Waals surface area contributed by atoms with Crippen molar-refractivity contribution in [2.75, 3.05) is 32.3 Å². The predicted molar refractivity (Wildman–Crippen MR) is 83.9 cm³/mol. The van der Waals surface area contributed by atoms with E-state index in [0.717, 1.165) is 32.0 Å². The minimum absolute atomic E-state index is 0.755. The second kappa shape index (κ2) is 7.58. The molecule has 104 valence electrons. The van der Waals surface area contributed by atoms with Crippen molar-refractivity contribution >= 4 is 22.7 Å². The second-order valence-corrected chi connectivity index (χ2v) is 5.51. The molecular formula is C15H22N2OS. The van der Waals surface area contributed by atoms with E-state index < -0.39 is 0 Å². The maximum Gasteiger partial charge on any atom is 0.0587 e. The third kappa shape index (κ3) is 3.75. The van der Waals surface area contributed by atoms with Crippen molar-refractivity contribution in [1.29, 1.82) is 0 Å². The summed E-state index contributed by atoms with van der Waals surface area (Å²) in [7, 11) is 1.73. The van der Waals surface area contributed by atoms with Crippen LogP contribution >= 0.6 is 11.8 Å². The minimum Gasteiger partial charge on any atom is -0.383 e. The molecule has 0 bridgehead atoms. The third-order valence-electron chi connectivity index (χ3n) is 3.24. The second-order valence-electron chi connectivity index (χ2n) is 4.52. The van der Waals surface area contributed by atoms with E-state index in [1.54, 1.807) is 7.11 Å². The Morgan fingerprint density at radius 2 is 2.21 bits per heavy atom. The number of nitrogens with one attached hydrogen (secondary N) is 1. The lowest BCUT2D eigenvalue weighted by Gasteiger charge is -2.08. The number of rotatable bonds is 8. The SMILES string of the molecule is COCCNCc1cccc2c1ccn2CCSC. The van der Waals surface area contributed by atoms with Gasteiger partial charge in [0.2, 0.25) is 0 Å². The van der Waals surface area contributed by atoms with Crippen LogP contribution in [-0.4, -0.2) is 36.8 Å². The van der Waals surface area contributed by atoms with Crippen LogP contribution in [0.25, 0.3) is 10.9 Å². The zero-order valence-corrected chi connectivity index (χ0v) is 12.5. The van der Waals surface area contributed by atoms with Crippen molar-refractivity contribution < 1.29 is 4.74 Å². The number of nitrogens with zero attached hydrogens (tertiary/aromatic N) is 1. The molecule has 1 N–H and O–H groups in total. The van der Waals surface area contributed by atoms with Gasteiger partial charge < -0.3 is 14.6 Å². The van der Waals surface area contributed by atoms with Crippen LogP contribution in [0.1, 0.15) is 5.56 Å². The van der Waals surface area contributed by atoms with Gasteiger partial charge in [0.1, 0.15) is 0 Å². The molecule has 1 aromatic carbocycles. The molecule has 0 saturated carbocycles. The van der Waals surface area contributed by atoms with E-state index in [1.807, 2.05) is 11.8 Å². The van der Waals surface area contributed by atoms with Gasteiger partial charge in [-0.05, 0) is 24.0 Å². The summed E-state index contributed by atoms with van der Waals surface area (Å²) in [5, 5.41) is 4.76. The lowest BCUT2D eigenvalue weighted by atomic mass is 10.1. The monoisotopic (exact) mass is 278 g/mol. The molecular weight excluding hydrogens is 256 g/mol. The molecule has 1 aromatic heterocycles. The number of thioether (sulfide) groups is 1. The molecule has 2 aromatic rings. The van der Waals surface area contributed by atoms with Crippen LogP contribution in [0.4, 0.5) is 0 Å². The number of aromatic nitrogens is 1. The molecule has 19 heavy (non-hydrogen) atoms. The number of ether oxygens (including phenoxy) is 1. The molecule has 0 spiro atoms. The van der Waals surface area contributed by atoms with Gasteiger partial charge in [-0.25, -0.2) is 0 Å². The Bertz CT molecular complexity index is 510. The highest BCUT2D eigenvalue weighted by Gasteiger charge is 2.04. The fraction of sp³-hybridized carbons (Fsp3) is 0.467. The van der Waals surface area contributed by atoms with Gasteiger partial charge in [0, 0.05) is 49.6 Å². The Morgan fingerprint density at radius 3 is 3.00 bits per heavy atom. The predicted octanol–water partition coefficient (Wildman–Crippen LogP) is 2.74. The molecule has 0 fully saturated rings. The Labute approximate surface area is 119 Å². The zero-order valence-electron chi connectivity index (χ0n) is 11.7. The quantitative estimate of drug-likeness (QED) is 0.752. The summed E-state index contributed by atoms with van der Waals surface area (Å²) in [5.74, 6) is 1.15. The van der Waals surface area contributed by atoms with Crippen molar-refractivity contribution in [2.24, 2.45) is 0 Å². The van der Waals surface area contributed by atoms with E-state index in [4.69, 9.17) is 4.74 Å². The lowest BCUT2D eigenvalue weighted by Crippen LogP contribution is -2.18. The van der Waals surface area contributed by atoms with Gasteiger partial charge in [0.15, 0.2) is 0 Å². The van der Waals surface area contributed by atoms with Gasteiger partial charge in [-0.1, -0.05) is 12.1 Å². The van der Waals surface area contributed by atoms with Crippen LogP contribution in [0.3, 0.4) is 0 Å². The van der Waals surface area contributed by atoms with E-state index in [0.29, 0.717) is 0 Å². The topological polar surface area (TPSA) is 26.2 Å². The molecule has 0 aliphatic rings. The van der Waals surface area contributed by atoms with Crippen molar-refractivity contribution in [3.63, 3.8) is 0 Å². The first kappa shape index (κ1) is 14.4. The molecule has 1 heterocycles. The van der Waals surface area contributed by atoms with Crippen LogP contribution in [0.2, 0.25) is 0 Å². The Kier molecular flexibility index (Phi) is 5.76. The van der Waals surface area contributed by atoms with E-state index >= 15 is 0 Å². The van der Waals surface area contributed by atoms with Crippen molar-refractivity contribution in [1.82, 2.24) is 9.88 Å². The lowest BCUT2D eigenvalue weighted by molar-refractivity contribution is 0.199. The van der Waals surface area contributed by atoms with E-state index in [9.17, 15) is 0 Å². The van der Waals surface area contributed by atoms with Crippen molar-refractivity contribution in [3.8, 4) is 0 Å². The van der Waals surface area contributed by atoms with Gasteiger partial charge in [-0.2, -0.15) is 11.8 Å². The van der Waals surface area contributed by atoms with E-state index in [2.05, 4.69) is 46.6 Å². The molecule has 0 radical (unpaired) electrons. The van der Waals surface area contributed by atoms with Crippen LogP contribution in [0, 0.1) is 0 Å². The Morgan fingerprint density at radius 1 is 1.32 bits per heavy atom. The number of methoxy groups -OCH3 is 1. The largest absolute Gasteiger partial charge is 0.383 e. The van der Waals surface area contributed by atoms with Crippen LogP contribution in [0.15, 0.2) is 30.5 Å². The average molecular weight is 278 g/mol. The molecule has 2 rings (SSSR count). The highest BCUT2D eigenvalue weighted by molar-refractivity contribution is 7.98. The van der Waals surface area contributed by atoms with Crippen LogP contribution < -0.4 is 5.32 Å². The first-order valence-corrected chi connectivity index (χ1v) is 8.01. The maximum atomic E-state index is 5.05. The Balaban J connectivity index is 2.09. The average Bonchev–Trinajstić information content (AvgIpc) is 2.85. The fourth-order valence-corrected chi connectivity index (χ4v) is 2.60. The standard InChI is InChI=1S/C15H22N2OS/c1-18-10-7-16-12-13-4-3-5-15-14(13)6-8-17(15)9-11-19-2/h3-6,8,16H,7,9-12H2,1-2H3.